The molecular formula is C16H10Br2F2O4. The zero-order chi connectivity index (χ0) is 17.7. The van der Waals surface area contributed by atoms with Gasteiger partial charge in [-0.3, -0.25) is 9.59 Å². The summed E-state index contributed by atoms with van der Waals surface area (Å²) < 4.78 is 36.5. The fourth-order valence-corrected chi connectivity index (χ4v) is 2.53. The van der Waals surface area contributed by atoms with Crippen LogP contribution < -0.4 is 9.47 Å². The highest BCUT2D eigenvalue weighted by Crippen LogP contribution is 2.27. The second kappa shape index (κ2) is 8.34. The van der Waals surface area contributed by atoms with Crippen molar-refractivity contribution in [3.05, 3.63) is 57.0 Å². The van der Waals surface area contributed by atoms with Gasteiger partial charge in [0.2, 0.25) is 0 Å². The Hall–Kier alpha value is -1.80. The summed E-state index contributed by atoms with van der Waals surface area (Å²) >= 11 is 6.14. The van der Waals surface area contributed by atoms with Crippen LogP contribution in [0.1, 0.15) is 12.8 Å². The monoisotopic (exact) mass is 462 g/mol. The third-order valence-electron chi connectivity index (χ3n) is 2.77. The molecule has 0 atom stereocenters. The van der Waals surface area contributed by atoms with Crippen molar-refractivity contribution in [2.45, 2.75) is 12.8 Å². The lowest BCUT2D eigenvalue weighted by Crippen LogP contribution is -2.14. The molecule has 2 aromatic carbocycles. The second-order valence-corrected chi connectivity index (χ2v) is 6.31. The van der Waals surface area contributed by atoms with E-state index in [0.717, 1.165) is 24.3 Å². The molecule has 0 saturated heterocycles. The number of ether oxygens (including phenoxy) is 2. The van der Waals surface area contributed by atoms with Crippen LogP contribution in [0.5, 0.6) is 11.5 Å². The van der Waals surface area contributed by atoms with E-state index in [1.54, 1.807) is 0 Å². The van der Waals surface area contributed by atoms with Crippen molar-refractivity contribution < 1.29 is 27.8 Å². The van der Waals surface area contributed by atoms with Crippen LogP contribution in [-0.4, -0.2) is 11.9 Å². The lowest BCUT2D eigenvalue weighted by Gasteiger charge is -2.07. The van der Waals surface area contributed by atoms with E-state index < -0.39 is 23.6 Å². The predicted molar refractivity (Wildman–Crippen MR) is 88.7 cm³/mol. The zero-order valence-corrected chi connectivity index (χ0v) is 15.2. The quantitative estimate of drug-likeness (QED) is 0.473. The Morgan fingerprint density at radius 2 is 1.17 bits per heavy atom. The number of rotatable bonds is 5. The van der Waals surface area contributed by atoms with E-state index >= 15 is 0 Å². The summed E-state index contributed by atoms with van der Waals surface area (Å²) in [6.07, 6.45) is -0.442. The number of hydrogen-bond donors (Lipinski definition) is 0. The Balaban J connectivity index is 1.85. The van der Waals surface area contributed by atoms with E-state index in [-0.39, 0.29) is 33.3 Å². The number of halogens is 4. The Labute approximate surface area is 153 Å². The molecule has 2 rings (SSSR count). The van der Waals surface area contributed by atoms with Gasteiger partial charge in [-0.15, -0.1) is 0 Å². The van der Waals surface area contributed by atoms with Gasteiger partial charge in [-0.1, -0.05) is 0 Å². The average molecular weight is 464 g/mol. The molecule has 0 heterocycles. The van der Waals surface area contributed by atoms with Crippen LogP contribution in [0, 0.1) is 11.6 Å². The van der Waals surface area contributed by atoms with Gasteiger partial charge in [-0.05, 0) is 68.3 Å². The van der Waals surface area contributed by atoms with E-state index in [2.05, 4.69) is 31.9 Å². The SMILES string of the molecule is O=C(CCC(=O)Oc1ccc(F)cc1Br)Oc1ccc(F)cc1Br. The highest BCUT2D eigenvalue weighted by atomic mass is 79.9. The maximum absolute atomic E-state index is 12.9. The fourth-order valence-electron chi connectivity index (χ4n) is 1.67. The van der Waals surface area contributed by atoms with Gasteiger partial charge in [0, 0.05) is 0 Å². The summed E-state index contributed by atoms with van der Waals surface area (Å²) in [6, 6.07) is 7.20. The van der Waals surface area contributed by atoms with Gasteiger partial charge >= 0.3 is 11.9 Å². The first kappa shape index (κ1) is 18.5. The molecule has 0 aliphatic heterocycles. The molecule has 0 aliphatic carbocycles. The molecule has 0 aromatic heterocycles. The van der Waals surface area contributed by atoms with E-state index in [9.17, 15) is 18.4 Å². The molecule has 0 aliphatic rings. The molecule has 0 radical (unpaired) electrons. The van der Waals surface area contributed by atoms with Crippen LogP contribution in [0.3, 0.4) is 0 Å². The topological polar surface area (TPSA) is 52.6 Å². The van der Waals surface area contributed by atoms with Crippen molar-refractivity contribution in [3.8, 4) is 11.5 Å². The van der Waals surface area contributed by atoms with Crippen LogP contribution in [-0.2, 0) is 9.59 Å². The molecule has 0 saturated carbocycles. The predicted octanol–water partition coefficient (Wildman–Crippen LogP) is 4.78. The van der Waals surface area contributed by atoms with Crippen molar-refractivity contribution in [1.29, 1.82) is 0 Å². The van der Waals surface area contributed by atoms with E-state index in [4.69, 9.17) is 9.47 Å². The maximum atomic E-state index is 12.9. The van der Waals surface area contributed by atoms with Gasteiger partial charge in [0.1, 0.15) is 23.1 Å². The maximum Gasteiger partial charge on any atom is 0.311 e. The smallest absolute Gasteiger partial charge is 0.311 e. The Morgan fingerprint density at radius 3 is 1.50 bits per heavy atom. The third-order valence-corrected chi connectivity index (χ3v) is 4.01. The molecule has 0 spiro atoms. The van der Waals surface area contributed by atoms with E-state index in [0.29, 0.717) is 0 Å². The molecule has 0 amide bonds. The van der Waals surface area contributed by atoms with E-state index in [1.165, 1.54) is 12.1 Å². The molecular weight excluding hydrogens is 454 g/mol. The minimum atomic E-state index is -0.669. The molecule has 4 nitrogen and oxygen atoms in total. The Kier molecular flexibility index (Phi) is 6.44. The molecule has 0 bridgehead atoms. The van der Waals surface area contributed by atoms with Gasteiger partial charge in [0.25, 0.3) is 0 Å². The van der Waals surface area contributed by atoms with Crippen LogP contribution >= 0.6 is 31.9 Å². The third kappa shape index (κ3) is 5.38. The fraction of sp³-hybridized carbons (Fsp3) is 0.125. The normalized spacial score (nSPS) is 10.3. The molecule has 2 aromatic rings. The van der Waals surface area contributed by atoms with Crippen LogP contribution in [0.25, 0.3) is 0 Å². The van der Waals surface area contributed by atoms with Gasteiger partial charge < -0.3 is 9.47 Å². The summed E-state index contributed by atoms with van der Waals surface area (Å²) in [6.45, 7) is 0. The van der Waals surface area contributed by atoms with Crippen molar-refractivity contribution in [2.75, 3.05) is 0 Å². The summed E-state index contributed by atoms with van der Waals surface area (Å²) in [4.78, 5) is 23.4. The average Bonchev–Trinajstić information content (AvgIpc) is 2.51. The lowest BCUT2D eigenvalue weighted by atomic mass is 10.3. The van der Waals surface area contributed by atoms with Gasteiger partial charge in [-0.2, -0.15) is 0 Å². The number of benzene rings is 2. The van der Waals surface area contributed by atoms with Gasteiger partial charge in [-0.25, -0.2) is 8.78 Å². The van der Waals surface area contributed by atoms with Crippen molar-refractivity contribution in [2.24, 2.45) is 0 Å². The Bertz CT molecular complexity index is 715. The van der Waals surface area contributed by atoms with Crippen LogP contribution in [0.4, 0.5) is 8.78 Å². The number of carbonyl (C=O) groups is 2. The summed E-state index contributed by atoms with van der Waals surface area (Å²) in [5.41, 5.74) is 0. The number of carbonyl (C=O) groups excluding carboxylic acids is 2. The summed E-state index contributed by atoms with van der Waals surface area (Å²) in [7, 11) is 0. The first-order chi connectivity index (χ1) is 11.3. The highest BCUT2D eigenvalue weighted by molar-refractivity contribution is 9.10. The zero-order valence-electron chi connectivity index (χ0n) is 12.0. The van der Waals surface area contributed by atoms with Crippen molar-refractivity contribution in [3.63, 3.8) is 0 Å². The second-order valence-electron chi connectivity index (χ2n) is 4.60. The molecule has 0 unspecified atom stereocenters. The molecule has 24 heavy (non-hydrogen) atoms. The largest absolute Gasteiger partial charge is 0.425 e. The van der Waals surface area contributed by atoms with E-state index in [1.807, 2.05) is 0 Å². The first-order valence-corrected chi connectivity index (χ1v) is 8.25. The molecule has 0 fully saturated rings. The van der Waals surface area contributed by atoms with Gasteiger partial charge in [0.05, 0.1) is 21.8 Å². The summed E-state index contributed by atoms with van der Waals surface area (Å²) in [5.74, 6) is -1.99. The minimum absolute atomic E-state index is 0.149. The first-order valence-electron chi connectivity index (χ1n) is 6.66. The van der Waals surface area contributed by atoms with Crippen LogP contribution in [0.15, 0.2) is 45.3 Å². The van der Waals surface area contributed by atoms with Crippen LogP contribution in [0.2, 0.25) is 0 Å². The van der Waals surface area contributed by atoms with Crippen molar-refractivity contribution in [1.82, 2.24) is 0 Å². The van der Waals surface area contributed by atoms with Gasteiger partial charge in [0.15, 0.2) is 0 Å². The molecule has 8 heteroatoms. The number of esters is 2. The lowest BCUT2D eigenvalue weighted by molar-refractivity contribution is -0.140. The molecule has 0 N–H and O–H groups in total. The van der Waals surface area contributed by atoms with Crippen molar-refractivity contribution >= 4 is 43.8 Å². The summed E-state index contributed by atoms with van der Waals surface area (Å²) in [5, 5.41) is 0. The number of hydrogen-bond acceptors (Lipinski definition) is 4. The standard InChI is InChI=1S/C16H10Br2F2O4/c17-11-7-9(19)1-3-13(11)23-15(21)5-6-16(22)24-14-4-2-10(20)8-12(14)18/h1-4,7-8H,5-6H2. The molecule has 126 valence electrons. The highest BCUT2D eigenvalue weighted by Gasteiger charge is 2.14. The minimum Gasteiger partial charge on any atom is -0.425 e. The Morgan fingerprint density at radius 1 is 0.792 bits per heavy atom.